The second-order valence-electron chi connectivity index (χ2n) is 16.1. The van der Waals surface area contributed by atoms with Crippen LogP contribution in [-0.4, -0.2) is 59.0 Å². The number of rotatable bonds is 44. The van der Waals surface area contributed by atoms with E-state index >= 15 is 0 Å². The molecule has 0 aromatic heterocycles. The van der Waals surface area contributed by atoms with Gasteiger partial charge in [0.1, 0.15) is 0 Å². The van der Waals surface area contributed by atoms with Gasteiger partial charge in [0.15, 0.2) is 0 Å². The van der Waals surface area contributed by atoms with E-state index in [1.165, 1.54) is 141 Å². The zero-order valence-electron chi connectivity index (χ0n) is 36.9. The van der Waals surface area contributed by atoms with Crippen molar-refractivity contribution in [3.63, 3.8) is 0 Å². The third-order valence-corrected chi connectivity index (χ3v) is 11.5. The number of aliphatic hydroxyl groups is 2. The first kappa shape index (κ1) is 55.7. The molecule has 0 spiro atoms. The summed E-state index contributed by atoms with van der Waals surface area (Å²) in [6.45, 7) is 3.96. The Morgan fingerprint density at radius 2 is 1.00 bits per heavy atom. The van der Waals surface area contributed by atoms with Gasteiger partial charge in [0.2, 0.25) is 5.91 Å². The smallest absolute Gasteiger partial charge is 0.393 e. The highest BCUT2D eigenvalue weighted by Crippen LogP contribution is 2.43. The van der Waals surface area contributed by atoms with Crippen LogP contribution in [0, 0.1) is 0 Å². The van der Waals surface area contributed by atoms with Gasteiger partial charge in [-0.1, -0.05) is 204 Å². The van der Waals surface area contributed by atoms with Gasteiger partial charge >= 0.3 is 7.82 Å². The first-order valence-electron chi connectivity index (χ1n) is 23.7. The highest BCUT2D eigenvalue weighted by molar-refractivity contribution is 7.47. The molecule has 10 heteroatoms. The number of hydrogen-bond donors (Lipinski definition) is 5. The third kappa shape index (κ3) is 41.2. The van der Waals surface area contributed by atoms with Crippen molar-refractivity contribution in [2.24, 2.45) is 5.73 Å². The molecule has 9 nitrogen and oxygen atoms in total. The van der Waals surface area contributed by atoms with E-state index < -0.39 is 38.6 Å². The number of nitrogens with one attached hydrogen (secondary N) is 1. The van der Waals surface area contributed by atoms with Gasteiger partial charge in [-0.05, 0) is 44.9 Å². The van der Waals surface area contributed by atoms with Crippen LogP contribution >= 0.6 is 7.82 Å². The standard InChI is InChI=1S/C47H91N2O7P/c1-3-5-7-9-11-13-15-17-19-20-21-22-23-24-25-27-29-31-33-35-37-39-46(51)45(43-56-57(53,54)55-41-40-48)49-47(52)42-44(50)38-36-34-32-30-28-26-18-16-14-12-10-8-6-4-2/h23-24,29,31,37,39,44-46,50-51H,3-22,25-28,30,32-36,38,40-43,48H2,1-2H3,(H,49,52)(H,53,54)/b24-23+,31-29+,39-37+. The quantitative estimate of drug-likeness (QED) is 0.0231. The lowest BCUT2D eigenvalue weighted by molar-refractivity contribution is -0.124. The van der Waals surface area contributed by atoms with Crippen LogP contribution < -0.4 is 11.1 Å². The normalized spacial score (nSPS) is 14.8. The summed E-state index contributed by atoms with van der Waals surface area (Å²) in [5.41, 5.74) is 5.37. The molecule has 6 N–H and O–H groups in total. The predicted molar refractivity (Wildman–Crippen MR) is 241 cm³/mol. The van der Waals surface area contributed by atoms with Gasteiger partial charge in [0.25, 0.3) is 0 Å². The summed E-state index contributed by atoms with van der Waals surface area (Å²) < 4.78 is 22.1. The lowest BCUT2D eigenvalue weighted by atomic mass is 10.0. The number of unbranched alkanes of at least 4 members (excludes halogenated alkanes) is 26. The highest BCUT2D eigenvalue weighted by atomic mass is 31.2. The van der Waals surface area contributed by atoms with Gasteiger partial charge in [0.05, 0.1) is 37.9 Å². The van der Waals surface area contributed by atoms with Crippen molar-refractivity contribution >= 4 is 13.7 Å². The van der Waals surface area contributed by atoms with Crippen LogP contribution in [-0.2, 0) is 18.4 Å². The zero-order valence-corrected chi connectivity index (χ0v) is 37.8. The molecule has 0 saturated carbocycles. The molecule has 0 radical (unpaired) electrons. The van der Waals surface area contributed by atoms with E-state index in [0.29, 0.717) is 12.8 Å². The number of phosphoric ester groups is 1. The molecule has 57 heavy (non-hydrogen) atoms. The van der Waals surface area contributed by atoms with E-state index in [0.717, 1.165) is 44.9 Å². The maximum Gasteiger partial charge on any atom is 0.472 e. The van der Waals surface area contributed by atoms with E-state index in [1.54, 1.807) is 6.08 Å². The first-order valence-corrected chi connectivity index (χ1v) is 25.2. The van der Waals surface area contributed by atoms with Crippen molar-refractivity contribution in [2.45, 2.75) is 238 Å². The topological polar surface area (TPSA) is 151 Å². The van der Waals surface area contributed by atoms with Crippen molar-refractivity contribution in [1.29, 1.82) is 0 Å². The van der Waals surface area contributed by atoms with Gasteiger partial charge in [-0.25, -0.2) is 4.57 Å². The number of carbonyl (C=O) groups is 1. The number of hydrogen-bond acceptors (Lipinski definition) is 7. The van der Waals surface area contributed by atoms with Gasteiger partial charge in [-0.15, -0.1) is 0 Å². The average Bonchev–Trinajstić information content (AvgIpc) is 3.19. The number of aliphatic hydroxyl groups excluding tert-OH is 2. The Kier molecular flexibility index (Phi) is 41.8. The predicted octanol–water partition coefficient (Wildman–Crippen LogP) is 12.5. The van der Waals surface area contributed by atoms with Crippen molar-refractivity contribution in [1.82, 2.24) is 5.32 Å². The summed E-state index contributed by atoms with van der Waals surface area (Å²) in [6.07, 6.45) is 48.1. The Morgan fingerprint density at radius 3 is 1.46 bits per heavy atom. The first-order chi connectivity index (χ1) is 27.8. The molecule has 0 aromatic rings. The second-order valence-corrected chi connectivity index (χ2v) is 17.6. The fraction of sp³-hybridized carbons (Fsp3) is 0.851. The Hall–Kier alpha value is -1.32. The van der Waals surface area contributed by atoms with Crippen molar-refractivity contribution in [3.05, 3.63) is 36.5 Å². The molecule has 4 unspecified atom stereocenters. The number of amides is 1. The van der Waals surface area contributed by atoms with Crippen LogP contribution in [0.3, 0.4) is 0 Å². The molecule has 1 amide bonds. The Labute approximate surface area is 351 Å². The number of carbonyl (C=O) groups excluding carboxylic acids is 1. The monoisotopic (exact) mass is 827 g/mol. The summed E-state index contributed by atoms with van der Waals surface area (Å²) in [7, 11) is -4.41. The average molecular weight is 827 g/mol. The molecular formula is C47H91N2O7P. The molecule has 0 bridgehead atoms. The molecule has 0 heterocycles. The highest BCUT2D eigenvalue weighted by Gasteiger charge is 2.27. The largest absolute Gasteiger partial charge is 0.472 e. The van der Waals surface area contributed by atoms with Crippen molar-refractivity contribution < 1.29 is 33.5 Å². The fourth-order valence-electron chi connectivity index (χ4n) is 6.91. The van der Waals surface area contributed by atoms with E-state index in [2.05, 4.69) is 43.5 Å². The van der Waals surface area contributed by atoms with Crippen LogP contribution in [0.5, 0.6) is 0 Å². The summed E-state index contributed by atoms with van der Waals surface area (Å²) in [6, 6.07) is -1.00. The number of allylic oxidation sites excluding steroid dienone is 5. The summed E-state index contributed by atoms with van der Waals surface area (Å²) in [5, 5.41) is 24.1. The minimum absolute atomic E-state index is 0.0429. The summed E-state index contributed by atoms with van der Waals surface area (Å²) in [4.78, 5) is 22.8. The van der Waals surface area contributed by atoms with E-state index in [1.807, 2.05) is 6.08 Å². The Bertz CT molecular complexity index is 1010. The minimum atomic E-state index is -4.41. The van der Waals surface area contributed by atoms with E-state index in [4.69, 9.17) is 14.8 Å². The van der Waals surface area contributed by atoms with Crippen molar-refractivity contribution in [2.75, 3.05) is 19.8 Å². The lowest BCUT2D eigenvalue weighted by Gasteiger charge is -2.24. The Balaban J connectivity index is 4.33. The minimum Gasteiger partial charge on any atom is -0.393 e. The number of nitrogens with two attached hydrogens (primary N) is 1. The van der Waals surface area contributed by atoms with Crippen LogP contribution in [0.4, 0.5) is 0 Å². The maximum absolute atomic E-state index is 12.8. The fourth-order valence-corrected chi connectivity index (χ4v) is 7.67. The number of phosphoric acid groups is 1. The molecule has 0 fully saturated rings. The summed E-state index contributed by atoms with van der Waals surface area (Å²) in [5.74, 6) is -0.458. The van der Waals surface area contributed by atoms with Crippen molar-refractivity contribution in [3.8, 4) is 0 Å². The van der Waals surface area contributed by atoms with E-state index in [9.17, 15) is 24.5 Å². The van der Waals surface area contributed by atoms with Crippen LogP contribution in [0.2, 0.25) is 0 Å². The molecule has 336 valence electrons. The molecule has 0 rings (SSSR count). The third-order valence-electron chi connectivity index (χ3n) is 10.5. The second kappa shape index (κ2) is 42.8. The van der Waals surface area contributed by atoms with Crippen LogP contribution in [0.1, 0.15) is 219 Å². The molecule has 0 aromatic carbocycles. The van der Waals surface area contributed by atoms with Gasteiger partial charge in [0, 0.05) is 6.54 Å². The van der Waals surface area contributed by atoms with Crippen LogP contribution in [0.25, 0.3) is 0 Å². The molecule has 4 atom stereocenters. The SMILES string of the molecule is CCCCCCCCCCCCC/C=C/CC/C=C/CC/C=C/C(O)C(COP(=O)(O)OCCN)NC(=O)CC(O)CCCCCCCCCCCCCCCC. The Morgan fingerprint density at radius 1 is 0.596 bits per heavy atom. The molecule has 0 aliphatic carbocycles. The zero-order chi connectivity index (χ0) is 41.9. The van der Waals surface area contributed by atoms with Gasteiger partial charge < -0.3 is 26.2 Å². The van der Waals surface area contributed by atoms with E-state index in [-0.39, 0.29) is 19.6 Å². The molecule has 0 aliphatic heterocycles. The van der Waals surface area contributed by atoms with Crippen LogP contribution in [0.15, 0.2) is 36.5 Å². The lowest BCUT2D eigenvalue weighted by Crippen LogP contribution is -2.46. The summed E-state index contributed by atoms with van der Waals surface area (Å²) >= 11 is 0. The maximum atomic E-state index is 12.8. The van der Waals surface area contributed by atoms with Gasteiger partial charge in [-0.3, -0.25) is 13.8 Å². The molecular weight excluding hydrogens is 735 g/mol. The molecule has 0 aliphatic rings. The van der Waals surface area contributed by atoms with Gasteiger partial charge in [-0.2, -0.15) is 0 Å². The molecule has 0 saturated heterocycles.